The lowest BCUT2D eigenvalue weighted by Gasteiger charge is -2.20. The highest BCUT2D eigenvalue weighted by Gasteiger charge is 2.20. The summed E-state index contributed by atoms with van der Waals surface area (Å²) in [5, 5.41) is 2.87. The van der Waals surface area contributed by atoms with Crippen LogP contribution in [0.1, 0.15) is 34.1 Å². The van der Waals surface area contributed by atoms with Crippen LogP contribution in [0.5, 0.6) is 0 Å². The minimum absolute atomic E-state index is 0.250. The number of sulfone groups is 1. The predicted molar refractivity (Wildman–Crippen MR) is 65.8 cm³/mol. The van der Waals surface area contributed by atoms with E-state index >= 15 is 0 Å². The van der Waals surface area contributed by atoms with Gasteiger partial charge in [0.1, 0.15) is 0 Å². The summed E-state index contributed by atoms with van der Waals surface area (Å²) in [6, 6.07) is 0. The number of hydrogen-bond acceptors (Lipinski definition) is 3. The number of rotatable bonds is 7. The van der Waals surface area contributed by atoms with Crippen molar-refractivity contribution in [2.45, 2.75) is 39.4 Å². The lowest BCUT2D eigenvalue weighted by Crippen LogP contribution is -2.27. The minimum Gasteiger partial charge on any atom is -0.319 e. The molecule has 3 nitrogen and oxygen atoms in total. The van der Waals surface area contributed by atoms with Gasteiger partial charge in [-0.3, -0.25) is 0 Å². The van der Waals surface area contributed by atoms with E-state index in [1.54, 1.807) is 13.8 Å². The van der Waals surface area contributed by atoms with Crippen LogP contribution >= 0.6 is 0 Å². The Morgan fingerprint density at radius 2 is 1.67 bits per heavy atom. The monoisotopic (exact) mass is 235 g/mol. The first-order valence-electron chi connectivity index (χ1n) is 5.67. The van der Waals surface area contributed by atoms with Crippen LogP contribution in [0.4, 0.5) is 0 Å². The maximum absolute atomic E-state index is 11.6. The lowest BCUT2D eigenvalue weighted by molar-refractivity contribution is 0.362. The predicted octanol–water partition coefficient (Wildman–Crippen LogP) is 1.69. The molecule has 1 unspecified atom stereocenters. The summed E-state index contributed by atoms with van der Waals surface area (Å²) in [6.45, 7) is 8.68. The molecule has 15 heavy (non-hydrogen) atoms. The largest absolute Gasteiger partial charge is 0.319 e. The van der Waals surface area contributed by atoms with Crippen molar-refractivity contribution >= 4 is 9.84 Å². The van der Waals surface area contributed by atoms with Crippen molar-refractivity contribution < 1.29 is 8.42 Å². The molecule has 0 aromatic rings. The molecule has 0 aliphatic heterocycles. The molecule has 0 aliphatic rings. The zero-order chi connectivity index (χ0) is 12.1. The van der Waals surface area contributed by atoms with Crippen LogP contribution in [0.15, 0.2) is 0 Å². The molecular formula is C11H25NO2S. The van der Waals surface area contributed by atoms with Gasteiger partial charge in [0.25, 0.3) is 0 Å². The van der Waals surface area contributed by atoms with Gasteiger partial charge in [-0.15, -0.1) is 0 Å². The Morgan fingerprint density at radius 1 is 1.13 bits per heavy atom. The molecule has 92 valence electrons. The fourth-order valence-corrected chi connectivity index (χ4v) is 2.59. The number of nitrogens with one attached hydrogen (secondary N) is 1. The molecule has 0 radical (unpaired) electrons. The highest BCUT2D eigenvalue weighted by molar-refractivity contribution is 7.91. The van der Waals surface area contributed by atoms with Gasteiger partial charge in [-0.1, -0.05) is 13.8 Å². The van der Waals surface area contributed by atoms with Gasteiger partial charge in [-0.25, -0.2) is 8.42 Å². The van der Waals surface area contributed by atoms with Gasteiger partial charge in [0.05, 0.1) is 11.0 Å². The summed E-state index contributed by atoms with van der Waals surface area (Å²) in [5.41, 5.74) is 0. The summed E-state index contributed by atoms with van der Waals surface area (Å²) in [6.07, 6.45) is 0.763. The van der Waals surface area contributed by atoms with Crippen LogP contribution in [0.2, 0.25) is 0 Å². The van der Waals surface area contributed by atoms with E-state index in [0.29, 0.717) is 17.6 Å². The van der Waals surface area contributed by atoms with Gasteiger partial charge in [-0.05, 0) is 45.7 Å². The highest BCUT2D eigenvalue weighted by atomic mass is 32.2. The van der Waals surface area contributed by atoms with E-state index in [1.165, 1.54) is 0 Å². The van der Waals surface area contributed by atoms with Gasteiger partial charge in [0, 0.05) is 0 Å². The van der Waals surface area contributed by atoms with E-state index in [4.69, 9.17) is 0 Å². The van der Waals surface area contributed by atoms with E-state index in [0.717, 1.165) is 13.0 Å². The summed E-state index contributed by atoms with van der Waals surface area (Å²) in [4.78, 5) is 0. The Hall–Kier alpha value is -0.0900. The fourth-order valence-electron chi connectivity index (χ4n) is 1.48. The van der Waals surface area contributed by atoms with Gasteiger partial charge >= 0.3 is 0 Å². The molecule has 1 N–H and O–H groups in total. The molecule has 0 aromatic carbocycles. The van der Waals surface area contributed by atoms with E-state index < -0.39 is 9.84 Å². The van der Waals surface area contributed by atoms with Crippen molar-refractivity contribution in [2.75, 3.05) is 19.3 Å². The Bertz CT molecular complexity index is 258. The van der Waals surface area contributed by atoms with Crippen molar-refractivity contribution in [3.8, 4) is 0 Å². The quantitative estimate of drug-likeness (QED) is 0.730. The molecule has 0 saturated carbocycles. The lowest BCUT2D eigenvalue weighted by atomic mass is 9.93. The summed E-state index contributed by atoms with van der Waals surface area (Å²) < 4.78 is 23.3. The Balaban J connectivity index is 4.22. The molecule has 1 atom stereocenters. The van der Waals surface area contributed by atoms with Crippen LogP contribution in [-0.4, -0.2) is 33.0 Å². The van der Waals surface area contributed by atoms with Crippen molar-refractivity contribution in [2.24, 2.45) is 11.8 Å². The van der Waals surface area contributed by atoms with E-state index in [1.807, 2.05) is 7.05 Å². The molecule has 0 fully saturated rings. The fraction of sp³-hybridized carbons (Fsp3) is 1.00. The second kappa shape index (κ2) is 6.48. The molecule has 0 spiro atoms. The standard InChI is InChI=1S/C11H25NO2S/c1-9(2)11(8-12-5)6-7-15(13,14)10(3)4/h9-12H,6-8H2,1-5H3. The summed E-state index contributed by atoms with van der Waals surface area (Å²) in [7, 11) is -0.964. The molecule has 0 aromatic heterocycles. The van der Waals surface area contributed by atoms with Gasteiger partial charge in [-0.2, -0.15) is 0 Å². The molecule has 0 aliphatic carbocycles. The summed E-state index contributed by atoms with van der Waals surface area (Å²) in [5.74, 6) is 1.29. The Kier molecular flexibility index (Phi) is 6.44. The Morgan fingerprint density at radius 3 is 2.00 bits per heavy atom. The third-order valence-electron chi connectivity index (χ3n) is 2.90. The molecular weight excluding hydrogens is 210 g/mol. The van der Waals surface area contributed by atoms with Crippen LogP contribution in [0.25, 0.3) is 0 Å². The Labute approximate surface area is 94.6 Å². The van der Waals surface area contributed by atoms with E-state index in [2.05, 4.69) is 19.2 Å². The van der Waals surface area contributed by atoms with Gasteiger partial charge < -0.3 is 5.32 Å². The van der Waals surface area contributed by atoms with Crippen LogP contribution in [0, 0.1) is 11.8 Å². The van der Waals surface area contributed by atoms with E-state index in [9.17, 15) is 8.42 Å². The topological polar surface area (TPSA) is 46.2 Å². The van der Waals surface area contributed by atoms with Crippen molar-refractivity contribution in [1.29, 1.82) is 0 Å². The normalized spacial score (nSPS) is 14.9. The average Bonchev–Trinajstić information content (AvgIpc) is 2.11. The number of hydrogen-bond donors (Lipinski definition) is 1. The van der Waals surface area contributed by atoms with Crippen LogP contribution in [0.3, 0.4) is 0 Å². The van der Waals surface area contributed by atoms with Gasteiger partial charge in [0.15, 0.2) is 9.84 Å². The van der Waals surface area contributed by atoms with Crippen molar-refractivity contribution in [3.05, 3.63) is 0 Å². The zero-order valence-corrected chi connectivity index (χ0v) is 11.4. The smallest absolute Gasteiger partial charge is 0.152 e. The first-order valence-corrected chi connectivity index (χ1v) is 7.39. The zero-order valence-electron chi connectivity index (χ0n) is 10.6. The average molecular weight is 235 g/mol. The first kappa shape index (κ1) is 14.9. The minimum atomic E-state index is -2.87. The molecule has 0 amide bonds. The van der Waals surface area contributed by atoms with Crippen LogP contribution in [-0.2, 0) is 9.84 Å². The van der Waals surface area contributed by atoms with Crippen molar-refractivity contribution in [1.82, 2.24) is 5.32 Å². The molecule has 0 rings (SSSR count). The molecule has 0 saturated heterocycles. The van der Waals surface area contributed by atoms with Crippen LogP contribution < -0.4 is 5.32 Å². The second-order valence-corrected chi connectivity index (χ2v) is 7.44. The SMILES string of the molecule is CNCC(CCS(=O)(=O)C(C)C)C(C)C. The first-order chi connectivity index (χ1) is 6.81. The van der Waals surface area contributed by atoms with Gasteiger partial charge in [0.2, 0.25) is 0 Å². The highest BCUT2D eigenvalue weighted by Crippen LogP contribution is 2.16. The second-order valence-electron chi connectivity index (χ2n) is 4.77. The maximum Gasteiger partial charge on any atom is 0.152 e. The maximum atomic E-state index is 11.6. The third kappa shape index (κ3) is 5.52. The van der Waals surface area contributed by atoms with E-state index in [-0.39, 0.29) is 5.25 Å². The molecule has 0 heterocycles. The molecule has 0 bridgehead atoms. The van der Waals surface area contributed by atoms with Crippen molar-refractivity contribution in [3.63, 3.8) is 0 Å². The summed E-state index contributed by atoms with van der Waals surface area (Å²) >= 11 is 0. The third-order valence-corrected chi connectivity index (χ3v) is 5.14. The molecule has 4 heteroatoms.